The van der Waals surface area contributed by atoms with Crippen LogP contribution in [0.3, 0.4) is 0 Å². The number of hydrogen-bond acceptors (Lipinski definition) is 5. The number of rotatable bonds is 4. The molecule has 8 heteroatoms. The van der Waals surface area contributed by atoms with Crippen molar-refractivity contribution < 1.29 is 4.79 Å². The molecule has 2 aromatic rings. The van der Waals surface area contributed by atoms with Crippen molar-refractivity contribution in [3.63, 3.8) is 0 Å². The number of carbonyl (C=O) groups excluding carboxylic acids is 1. The van der Waals surface area contributed by atoms with Crippen molar-refractivity contribution in [3.8, 4) is 0 Å². The number of hydrogen-bond donors (Lipinski definition) is 2. The Balaban J connectivity index is 1.82. The highest BCUT2D eigenvalue weighted by atomic mass is 35.5. The zero-order valence-corrected chi connectivity index (χ0v) is 16.0. The van der Waals surface area contributed by atoms with Gasteiger partial charge in [0.2, 0.25) is 11.9 Å². The van der Waals surface area contributed by atoms with Crippen LogP contribution in [-0.4, -0.2) is 33.5 Å². The van der Waals surface area contributed by atoms with E-state index in [9.17, 15) is 9.59 Å². The molecule has 0 unspecified atom stereocenters. The molecule has 0 saturated heterocycles. The van der Waals surface area contributed by atoms with E-state index in [4.69, 9.17) is 11.6 Å². The molecule has 1 aliphatic carbocycles. The molecule has 1 aliphatic rings. The van der Waals surface area contributed by atoms with Crippen LogP contribution in [0.5, 0.6) is 0 Å². The summed E-state index contributed by atoms with van der Waals surface area (Å²) in [5.41, 5.74) is 0.329. The fraction of sp³-hybridized carbons (Fsp3) is 0.556. The Morgan fingerprint density at radius 1 is 1.31 bits per heavy atom. The molecule has 0 aliphatic heterocycles. The maximum absolute atomic E-state index is 12.4. The van der Waals surface area contributed by atoms with Crippen molar-refractivity contribution in [1.82, 2.24) is 19.9 Å². The molecule has 2 N–H and O–H groups in total. The van der Waals surface area contributed by atoms with Gasteiger partial charge in [-0.3, -0.25) is 14.2 Å². The van der Waals surface area contributed by atoms with Gasteiger partial charge in [-0.05, 0) is 45.6 Å². The summed E-state index contributed by atoms with van der Waals surface area (Å²) in [5, 5.41) is 6.97. The van der Waals surface area contributed by atoms with Crippen LogP contribution in [-0.2, 0) is 4.79 Å². The van der Waals surface area contributed by atoms with E-state index in [1.807, 2.05) is 13.8 Å². The first kappa shape index (κ1) is 18.6. The van der Waals surface area contributed by atoms with E-state index in [-0.39, 0.29) is 34.5 Å². The van der Waals surface area contributed by atoms with E-state index in [2.05, 4.69) is 20.6 Å². The van der Waals surface area contributed by atoms with Gasteiger partial charge in [0.1, 0.15) is 10.7 Å². The van der Waals surface area contributed by atoms with E-state index in [0.29, 0.717) is 11.6 Å². The lowest BCUT2D eigenvalue weighted by Crippen LogP contribution is -2.34. The number of nitrogens with one attached hydrogen (secondary N) is 2. The molecule has 0 atom stereocenters. The number of pyridine rings is 1. The smallest absolute Gasteiger partial charge is 0.271 e. The Morgan fingerprint density at radius 2 is 2.00 bits per heavy atom. The lowest BCUT2D eigenvalue weighted by Gasteiger charge is -2.28. The third-order valence-electron chi connectivity index (χ3n) is 4.92. The lowest BCUT2D eigenvalue weighted by molar-refractivity contribution is -0.125. The maximum atomic E-state index is 12.4. The first-order valence-corrected chi connectivity index (χ1v) is 9.34. The van der Waals surface area contributed by atoms with Crippen LogP contribution in [0.25, 0.3) is 11.0 Å². The van der Waals surface area contributed by atoms with Crippen LogP contribution in [0, 0.1) is 5.92 Å². The number of anilines is 1. The maximum Gasteiger partial charge on any atom is 0.271 e. The molecule has 0 aromatic carbocycles. The number of nitrogens with zero attached hydrogens (tertiary/aromatic N) is 3. The molecule has 140 valence electrons. The molecule has 2 aromatic heterocycles. The predicted octanol–water partition coefficient (Wildman–Crippen LogP) is 2.74. The van der Waals surface area contributed by atoms with E-state index in [1.54, 1.807) is 23.9 Å². The Hall–Kier alpha value is -2.15. The average Bonchev–Trinajstić information content (AvgIpc) is 2.62. The fourth-order valence-corrected chi connectivity index (χ4v) is 3.73. The first-order valence-electron chi connectivity index (χ1n) is 8.96. The summed E-state index contributed by atoms with van der Waals surface area (Å²) in [6.07, 6.45) is 5.15. The molecular formula is C18H24ClN5O2. The van der Waals surface area contributed by atoms with Crippen molar-refractivity contribution in [2.45, 2.75) is 51.6 Å². The van der Waals surface area contributed by atoms with Crippen LogP contribution >= 0.6 is 11.6 Å². The van der Waals surface area contributed by atoms with Gasteiger partial charge in [-0.25, -0.2) is 4.98 Å². The molecule has 3 rings (SSSR count). The van der Waals surface area contributed by atoms with E-state index in [0.717, 1.165) is 31.1 Å². The van der Waals surface area contributed by atoms with Crippen LogP contribution in [0.15, 0.2) is 17.1 Å². The second kappa shape index (κ2) is 7.61. The number of halogens is 1. The largest absolute Gasteiger partial charge is 0.359 e. The van der Waals surface area contributed by atoms with Gasteiger partial charge in [0.15, 0.2) is 0 Å². The highest BCUT2D eigenvalue weighted by Gasteiger charge is 2.26. The molecule has 1 fully saturated rings. The standard InChI is InChI=1S/C18H24ClN5O2/c1-10(2)24-15-12(8-14(19)17(24)26)9-21-18(23-15)22-13-6-4-11(5-7-13)16(25)20-3/h8-11,13H,4-7H2,1-3H3,(H,20,25)(H,21,22,23)/t11-,13-. The molecule has 1 saturated carbocycles. The second-order valence-electron chi connectivity index (χ2n) is 7.04. The number of fused-ring (bicyclic) bond motifs is 1. The summed E-state index contributed by atoms with van der Waals surface area (Å²) in [6.45, 7) is 3.85. The summed E-state index contributed by atoms with van der Waals surface area (Å²) in [5.74, 6) is 0.698. The molecule has 0 spiro atoms. The van der Waals surface area contributed by atoms with Crippen molar-refractivity contribution in [3.05, 3.63) is 27.6 Å². The quantitative estimate of drug-likeness (QED) is 0.855. The van der Waals surface area contributed by atoms with Crippen molar-refractivity contribution in [2.24, 2.45) is 5.92 Å². The summed E-state index contributed by atoms with van der Waals surface area (Å²) >= 11 is 6.05. The highest BCUT2D eigenvalue weighted by molar-refractivity contribution is 6.31. The minimum absolute atomic E-state index is 0.0607. The molecule has 2 heterocycles. The first-order chi connectivity index (χ1) is 12.4. The van der Waals surface area contributed by atoms with Gasteiger partial charge in [0.25, 0.3) is 5.56 Å². The van der Waals surface area contributed by atoms with Gasteiger partial charge < -0.3 is 10.6 Å². The zero-order chi connectivity index (χ0) is 18.8. The summed E-state index contributed by atoms with van der Waals surface area (Å²) < 4.78 is 1.59. The van der Waals surface area contributed by atoms with Gasteiger partial charge in [0.05, 0.1) is 0 Å². The minimum Gasteiger partial charge on any atom is -0.359 e. The predicted molar refractivity (Wildman–Crippen MR) is 103 cm³/mol. The fourth-order valence-electron chi connectivity index (χ4n) is 3.52. The SMILES string of the molecule is CNC(=O)[C@H]1CC[C@H](Nc2ncc3cc(Cl)c(=O)n(C(C)C)c3n2)CC1. The third kappa shape index (κ3) is 3.67. The average molecular weight is 378 g/mol. The van der Waals surface area contributed by atoms with E-state index < -0.39 is 0 Å². The Bertz CT molecular complexity index is 872. The van der Waals surface area contributed by atoms with Gasteiger partial charge in [-0.1, -0.05) is 11.6 Å². The molecular weight excluding hydrogens is 354 g/mol. The van der Waals surface area contributed by atoms with Gasteiger partial charge >= 0.3 is 0 Å². The zero-order valence-electron chi connectivity index (χ0n) is 15.3. The van der Waals surface area contributed by atoms with Crippen LogP contribution in [0.2, 0.25) is 5.02 Å². The number of amides is 1. The molecule has 0 radical (unpaired) electrons. The van der Waals surface area contributed by atoms with Crippen molar-refractivity contribution in [1.29, 1.82) is 0 Å². The number of carbonyl (C=O) groups is 1. The second-order valence-corrected chi connectivity index (χ2v) is 7.45. The Morgan fingerprint density at radius 3 is 2.62 bits per heavy atom. The van der Waals surface area contributed by atoms with Gasteiger partial charge in [-0.15, -0.1) is 0 Å². The van der Waals surface area contributed by atoms with Gasteiger partial charge in [-0.2, -0.15) is 4.98 Å². The van der Waals surface area contributed by atoms with Crippen LogP contribution in [0.4, 0.5) is 5.95 Å². The molecule has 7 nitrogen and oxygen atoms in total. The minimum atomic E-state index is -0.245. The Labute approximate surface area is 157 Å². The summed E-state index contributed by atoms with van der Waals surface area (Å²) in [4.78, 5) is 33.0. The van der Waals surface area contributed by atoms with Gasteiger partial charge in [0, 0.05) is 36.6 Å². The van der Waals surface area contributed by atoms with E-state index >= 15 is 0 Å². The topological polar surface area (TPSA) is 88.9 Å². The number of aromatic nitrogens is 3. The monoisotopic (exact) mass is 377 g/mol. The molecule has 1 amide bonds. The molecule has 26 heavy (non-hydrogen) atoms. The summed E-state index contributed by atoms with van der Waals surface area (Å²) in [7, 11) is 1.68. The van der Waals surface area contributed by atoms with Crippen LogP contribution in [0.1, 0.15) is 45.6 Å². The van der Waals surface area contributed by atoms with Crippen molar-refractivity contribution in [2.75, 3.05) is 12.4 Å². The normalized spacial score (nSPS) is 20.3. The van der Waals surface area contributed by atoms with E-state index in [1.165, 1.54) is 0 Å². The van der Waals surface area contributed by atoms with Crippen LogP contribution < -0.4 is 16.2 Å². The van der Waals surface area contributed by atoms with Crippen molar-refractivity contribution >= 4 is 34.5 Å². The highest BCUT2D eigenvalue weighted by Crippen LogP contribution is 2.26. The summed E-state index contributed by atoms with van der Waals surface area (Å²) in [6, 6.07) is 1.77. The lowest BCUT2D eigenvalue weighted by atomic mass is 9.85. The molecule has 0 bridgehead atoms. The Kier molecular flexibility index (Phi) is 5.46. The third-order valence-corrected chi connectivity index (χ3v) is 5.19.